The number of rotatable bonds is 7. The molecule has 1 aliphatic heterocycles. The largest absolute Gasteiger partial charge is 0.497 e. The summed E-state index contributed by atoms with van der Waals surface area (Å²) in [6, 6.07) is 20.7. The third-order valence-electron chi connectivity index (χ3n) is 5.60. The molecule has 33 heavy (non-hydrogen) atoms. The zero-order valence-electron chi connectivity index (χ0n) is 18.5. The number of urea groups is 1. The number of ether oxygens (including phenoxy) is 1. The first-order valence-electron chi connectivity index (χ1n) is 10.9. The van der Waals surface area contributed by atoms with E-state index in [1.54, 1.807) is 47.2 Å². The van der Waals surface area contributed by atoms with Gasteiger partial charge in [-0.3, -0.25) is 9.69 Å². The highest BCUT2D eigenvalue weighted by molar-refractivity contribution is 5.96. The van der Waals surface area contributed by atoms with Crippen LogP contribution >= 0.6 is 0 Å². The zero-order chi connectivity index (χ0) is 23.2. The van der Waals surface area contributed by atoms with Crippen LogP contribution in [0.1, 0.15) is 27.9 Å². The number of hydrogen-bond donors (Lipinski definition) is 1. The van der Waals surface area contributed by atoms with Crippen molar-refractivity contribution in [1.29, 1.82) is 0 Å². The minimum absolute atomic E-state index is 0.124. The van der Waals surface area contributed by atoms with Gasteiger partial charge in [-0.1, -0.05) is 24.3 Å². The molecule has 170 valence electrons. The molecule has 0 aromatic heterocycles. The number of anilines is 1. The zero-order valence-corrected chi connectivity index (χ0v) is 18.5. The van der Waals surface area contributed by atoms with Crippen LogP contribution in [0, 0.1) is 5.82 Å². The summed E-state index contributed by atoms with van der Waals surface area (Å²) in [6.07, 6.45) is 0.809. The molecule has 6 nitrogen and oxygen atoms in total. The van der Waals surface area contributed by atoms with Crippen LogP contribution in [0.25, 0.3) is 0 Å². The summed E-state index contributed by atoms with van der Waals surface area (Å²) >= 11 is 0. The van der Waals surface area contributed by atoms with E-state index >= 15 is 0 Å². The lowest BCUT2D eigenvalue weighted by molar-refractivity contribution is 0.0951. The average Bonchev–Trinajstić information content (AvgIpc) is 2.84. The van der Waals surface area contributed by atoms with Gasteiger partial charge in [0.25, 0.3) is 5.91 Å². The molecule has 0 atom stereocenters. The second-order valence-corrected chi connectivity index (χ2v) is 7.92. The number of hydrogen-bond acceptors (Lipinski definition) is 3. The predicted octanol–water partition coefficient (Wildman–Crippen LogP) is 4.60. The topological polar surface area (TPSA) is 61.9 Å². The van der Waals surface area contributed by atoms with E-state index < -0.39 is 0 Å². The van der Waals surface area contributed by atoms with E-state index in [0.717, 1.165) is 29.0 Å². The molecule has 4 rings (SSSR count). The molecule has 0 radical (unpaired) electrons. The van der Waals surface area contributed by atoms with Gasteiger partial charge in [0.05, 0.1) is 7.11 Å². The lowest BCUT2D eigenvalue weighted by atomic mass is 10.1. The second kappa shape index (κ2) is 10.2. The maximum Gasteiger partial charge on any atom is 0.324 e. The maximum atomic E-state index is 13.5. The smallest absolute Gasteiger partial charge is 0.324 e. The Kier molecular flexibility index (Phi) is 6.88. The monoisotopic (exact) mass is 447 g/mol. The Morgan fingerprint density at radius 1 is 1.00 bits per heavy atom. The summed E-state index contributed by atoms with van der Waals surface area (Å²) in [4.78, 5) is 29.0. The number of carbonyl (C=O) groups excluding carboxylic acids is 2. The molecular formula is C26H26FN3O3. The molecule has 0 aliphatic carbocycles. The van der Waals surface area contributed by atoms with Gasteiger partial charge in [0.2, 0.25) is 0 Å². The van der Waals surface area contributed by atoms with E-state index in [1.165, 1.54) is 12.1 Å². The number of amides is 3. The average molecular weight is 448 g/mol. The molecule has 7 heteroatoms. The standard InChI is InChI=1S/C26H26FN3O3/c1-33-24-8-3-5-19(16-24)17-28-25(31)21-9-11-23(12-10-21)30-14-4-13-29(26(30)32)18-20-6-2-7-22(27)15-20/h2-3,5-12,15-16H,4,13-14,17-18H2,1H3,(H,28,31). The molecule has 1 N–H and O–H groups in total. The van der Waals surface area contributed by atoms with Gasteiger partial charge in [0.15, 0.2) is 0 Å². The number of carbonyl (C=O) groups is 2. The van der Waals surface area contributed by atoms with Gasteiger partial charge >= 0.3 is 6.03 Å². The summed E-state index contributed by atoms with van der Waals surface area (Å²) in [6.45, 7) is 1.96. The third-order valence-corrected chi connectivity index (χ3v) is 5.60. The van der Waals surface area contributed by atoms with Gasteiger partial charge in [0, 0.05) is 37.4 Å². The van der Waals surface area contributed by atoms with Crippen molar-refractivity contribution in [3.63, 3.8) is 0 Å². The van der Waals surface area contributed by atoms with Crippen LogP contribution in [0.3, 0.4) is 0 Å². The van der Waals surface area contributed by atoms with Crippen molar-refractivity contribution >= 4 is 17.6 Å². The molecule has 3 amide bonds. The Balaban J connectivity index is 1.38. The second-order valence-electron chi connectivity index (χ2n) is 7.92. The summed E-state index contributed by atoms with van der Waals surface area (Å²) in [5.41, 5.74) is 2.95. The van der Waals surface area contributed by atoms with Gasteiger partial charge in [-0.15, -0.1) is 0 Å². The highest BCUT2D eigenvalue weighted by Gasteiger charge is 2.27. The fraction of sp³-hybridized carbons (Fsp3) is 0.231. The molecular weight excluding hydrogens is 421 g/mol. The molecule has 0 unspecified atom stereocenters. The Morgan fingerprint density at radius 2 is 1.76 bits per heavy atom. The van der Waals surface area contributed by atoms with Gasteiger partial charge in [-0.2, -0.15) is 0 Å². The predicted molar refractivity (Wildman–Crippen MR) is 125 cm³/mol. The number of methoxy groups -OCH3 is 1. The minimum atomic E-state index is -0.311. The van der Waals surface area contributed by atoms with Crippen molar-refractivity contribution in [2.24, 2.45) is 0 Å². The van der Waals surface area contributed by atoms with E-state index in [0.29, 0.717) is 31.7 Å². The molecule has 1 heterocycles. The maximum absolute atomic E-state index is 13.5. The third kappa shape index (κ3) is 5.49. The molecule has 1 aliphatic rings. The van der Waals surface area contributed by atoms with E-state index in [9.17, 15) is 14.0 Å². The van der Waals surface area contributed by atoms with Crippen LogP contribution in [0.2, 0.25) is 0 Å². The van der Waals surface area contributed by atoms with Gasteiger partial charge in [0.1, 0.15) is 11.6 Å². The first-order chi connectivity index (χ1) is 16.0. The quantitative estimate of drug-likeness (QED) is 0.576. The highest BCUT2D eigenvalue weighted by Crippen LogP contribution is 2.22. The molecule has 1 fully saturated rings. The summed E-state index contributed by atoms with van der Waals surface area (Å²) in [7, 11) is 1.60. The Morgan fingerprint density at radius 3 is 2.52 bits per heavy atom. The van der Waals surface area contributed by atoms with Gasteiger partial charge in [-0.25, -0.2) is 9.18 Å². The van der Waals surface area contributed by atoms with Crippen LogP contribution in [0.15, 0.2) is 72.8 Å². The van der Waals surface area contributed by atoms with Crippen molar-refractivity contribution in [2.45, 2.75) is 19.5 Å². The first-order valence-corrected chi connectivity index (χ1v) is 10.9. The summed E-state index contributed by atoms with van der Waals surface area (Å²) < 4.78 is 18.7. The summed E-state index contributed by atoms with van der Waals surface area (Å²) in [5, 5.41) is 2.90. The van der Waals surface area contributed by atoms with Crippen LogP contribution < -0.4 is 15.0 Å². The van der Waals surface area contributed by atoms with Gasteiger partial charge in [-0.05, 0) is 66.1 Å². The fourth-order valence-electron chi connectivity index (χ4n) is 3.88. The van der Waals surface area contributed by atoms with Crippen LogP contribution in [0.4, 0.5) is 14.9 Å². The van der Waals surface area contributed by atoms with Crippen LogP contribution in [-0.4, -0.2) is 37.0 Å². The Hall–Kier alpha value is -3.87. The van der Waals surface area contributed by atoms with Crippen molar-refractivity contribution in [3.05, 3.63) is 95.3 Å². The fourth-order valence-corrected chi connectivity index (χ4v) is 3.88. The van der Waals surface area contributed by atoms with Crippen LogP contribution in [-0.2, 0) is 13.1 Å². The van der Waals surface area contributed by atoms with E-state index in [2.05, 4.69) is 5.32 Å². The molecule has 0 saturated carbocycles. The normalized spacial score (nSPS) is 13.7. The van der Waals surface area contributed by atoms with E-state index in [1.807, 2.05) is 30.3 Å². The molecule has 0 bridgehead atoms. The van der Waals surface area contributed by atoms with Crippen molar-refractivity contribution < 1.29 is 18.7 Å². The molecule has 0 spiro atoms. The lowest BCUT2D eigenvalue weighted by Crippen LogP contribution is -2.49. The highest BCUT2D eigenvalue weighted by atomic mass is 19.1. The SMILES string of the molecule is COc1cccc(CNC(=O)c2ccc(N3CCCN(Cc4cccc(F)c4)C3=O)cc2)c1. The summed E-state index contributed by atoms with van der Waals surface area (Å²) in [5.74, 6) is 0.236. The van der Waals surface area contributed by atoms with Crippen molar-refractivity contribution in [3.8, 4) is 5.75 Å². The Labute approximate surface area is 192 Å². The van der Waals surface area contributed by atoms with Crippen LogP contribution in [0.5, 0.6) is 5.75 Å². The first kappa shape index (κ1) is 22.3. The van der Waals surface area contributed by atoms with Crippen molar-refractivity contribution in [1.82, 2.24) is 10.2 Å². The number of nitrogens with one attached hydrogen (secondary N) is 1. The molecule has 1 saturated heterocycles. The van der Waals surface area contributed by atoms with E-state index in [-0.39, 0.29) is 17.8 Å². The molecule has 3 aromatic carbocycles. The van der Waals surface area contributed by atoms with Gasteiger partial charge < -0.3 is 15.0 Å². The van der Waals surface area contributed by atoms with E-state index in [4.69, 9.17) is 4.74 Å². The molecule has 3 aromatic rings. The minimum Gasteiger partial charge on any atom is -0.497 e. The lowest BCUT2D eigenvalue weighted by Gasteiger charge is -2.35. The van der Waals surface area contributed by atoms with Crippen molar-refractivity contribution in [2.75, 3.05) is 25.1 Å². The number of nitrogens with zero attached hydrogens (tertiary/aromatic N) is 2. The number of halogens is 1. The number of benzene rings is 3. The Bertz CT molecular complexity index is 1130.